The summed E-state index contributed by atoms with van der Waals surface area (Å²) in [5.41, 5.74) is 2.94. The Morgan fingerprint density at radius 3 is 2.33 bits per heavy atom. The van der Waals surface area contributed by atoms with Crippen molar-refractivity contribution in [1.29, 1.82) is 0 Å². The molecule has 1 aromatic carbocycles. The van der Waals surface area contributed by atoms with Gasteiger partial charge in [-0.15, -0.1) is 0 Å². The monoisotopic (exact) mass is 371 g/mol. The molecule has 148 valence electrons. The number of nitrogens with zero attached hydrogens (tertiary/aromatic N) is 3. The Morgan fingerprint density at radius 1 is 1.00 bits per heavy atom. The maximum atomic E-state index is 13.1. The molecule has 5 heteroatoms. The molecule has 0 spiro atoms. The fourth-order valence-corrected chi connectivity index (χ4v) is 4.57. The molecule has 5 nitrogen and oxygen atoms in total. The first-order chi connectivity index (χ1) is 12.8. The lowest BCUT2D eigenvalue weighted by Gasteiger charge is -2.39. The highest BCUT2D eigenvalue weighted by Crippen LogP contribution is 2.23. The van der Waals surface area contributed by atoms with Gasteiger partial charge in [-0.1, -0.05) is 17.2 Å². The molecule has 0 N–H and O–H groups in total. The molecule has 0 radical (unpaired) electrons. The second kappa shape index (κ2) is 8.42. The zero-order valence-corrected chi connectivity index (χ0v) is 17.2. The van der Waals surface area contributed by atoms with Crippen LogP contribution < -0.4 is 0 Å². The van der Waals surface area contributed by atoms with Crippen molar-refractivity contribution in [2.24, 2.45) is 5.92 Å². The van der Waals surface area contributed by atoms with Crippen LogP contribution in [0, 0.1) is 19.8 Å². The van der Waals surface area contributed by atoms with E-state index in [1.54, 1.807) is 0 Å². The molecule has 2 amide bonds. The first-order valence-electron chi connectivity index (χ1n) is 10.2. The summed E-state index contributed by atoms with van der Waals surface area (Å²) in [4.78, 5) is 32.2. The molecule has 0 unspecified atom stereocenters. The van der Waals surface area contributed by atoms with Crippen molar-refractivity contribution >= 4 is 11.8 Å². The van der Waals surface area contributed by atoms with E-state index in [1.807, 2.05) is 42.8 Å². The van der Waals surface area contributed by atoms with Crippen LogP contribution in [0.3, 0.4) is 0 Å². The molecule has 2 aliphatic heterocycles. The van der Waals surface area contributed by atoms with Crippen LogP contribution in [0.2, 0.25) is 0 Å². The van der Waals surface area contributed by atoms with Crippen LogP contribution in [0.25, 0.3) is 0 Å². The number of rotatable bonds is 3. The molecule has 2 atom stereocenters. The number of carbonyl (C=O) groups excluding carboxylic acids is 2. The fourth-order valence-electron chi connectivity index (χ4n) is 4.57. The number of hydrogen-bond donors (Lipinski definition) is 0. The zero-order chi connectivity index (χ0) is 19.6. The molecule has 3 rings (SSSR count). The molecule has 2 saturated heterocycles. The lowest BCUT2D eigenvalue weighted by Crippen LogP contribution is -2.52. The Hall–Kier alpha value is -1.88. The largest absolute Gasteiger partial charge is 0.341 e. The summed E-state index contributed by atoms with van der Waals surface area (Å²) in [6, 6.07) is 6.27. The number of hydrogen-bond acceptors (Lipinski definition) is 3. The normalized spacial score (nSPS) is 23.9. The summed E-state index contributed by atoms with van der Waals surface area (Å²) in [6.45, 7) is 7.37. The predicted molar refractivity (Wildman–Crippen MR) is 108 cm³/mol. The lowest BCUT2D eigenvalue weighted by atomic mass is 9.94. The van der Waals surface area contributed by atoms with Crippen molar-refractivity contribution in [3.05, 3.63) is 34.9 Å². The summed E-state index contributed by atoms with van der Waals surface area (Å²) in [7, 11) is 4.06. The Labute approximate surface area is 163 Å². The van der Waals surface area contributed by atoms with E-state index >= 15 is 0 Å². The van der Waals surface area contributed by atoms with Gasteiger partial charge >= 0.3 is 0 Å². The minimum absolute atomic E-state index is 0.0550. The van der Waals surface area contributed by atoms with Crippen LogP contribution in [0.1, 0.15) is 47.2 Å². The van der Waals surface area contributed by atoms with Gasteiger partial charge in [0.05, 0.1) is 5.92 Å². The van der Waals surface area contributed by atoms with E-state index in [4.69, 9.17) is 0 Å². The summed E-state index contributed by atoms with van der Waals surface area (Å²) >= 11 is 0. The van der Waals surface area contributed by atoms with Crippen LogP contribution >= 0.6 is 0 Å². The molecular weight excluding hydrogens is 338 g/mol. The molecule has 0 bridgehead atoms. The highest BCUT2D eigenvalue weighted by Gasteiger charge is 2.33. The standard InChI is InChI=1S/C22H33N3O2/c1-16-11-17(2)13-19(12-16)22(27)25-10-5-7-18(14-25)21(26)24(4)20-8-6-9-23(3)15-20/h11-13,18,20H,5-10,14-15H2,1-4H3/t18-,20-/m0/s1. The first kappa shape index (κ1) is 19.9. The quantitative estimate of drug-likeness (QED) is 0.821. The lowest BCUT2D eigenvalue weighted by molar-refractivity contribution is -0.138. The maximum Gasteiger partial charge on any atom is 0.253 e. The molecule has 2 heterocycles. The van der Waals surface area contributed by atoms with Gasteiger partial charge < -0.3 is 14.7 Å². The first-order valence-corrected chi connectivity index (χ1v) is 10.2. The molecule has 27 heavy (non-hydrogen) atoms. The summed E-state index contributed by atoms with van der Waals surface area (Å²) in [5, 5.41) is 0. The van der Waals surface area contributed by atoms with Crippen molar-refractivity contribution in [3.63, 3.8) is 0 Å². The predicted octanol–water partition coefficient (Wildman–Crippen LogP) is 2.71. The minimum atomic E-state index is -0.0779. The molecule has 0 aromatic heterocycles. The molecular formula is C22H33N3O2. The van der Waals surface area contributed by atoms with E-state index in [2.05, 4.69) is 18.0 Å². The van der Waals surface area contributed by atoms with Gasteiger partial charge in [0.1, 0.15) is 0 Å². The molecule has 2 fully saturated rings. The summed E-state index contributed by atoms with van der Waals surface area (Å²) < 4.78 is 0. The van der Waals surface area contributed by atoms with Gasteiger partial charge in [0.25, 0.3) is 5.91 Å². The average Bonchev–Trinajstić information content (AvgIpc) is 2.65. The van der Waals surface area contributed by atoms with Crippen molar-refractivity contribution in [3.8, 4) is 0 Å². The third kappa shape index (κ3) is 4.70. The van der Waals surface area contributed by atoms with Crippen LogP contribution in [0.5, 0.6) is 0 Å². The van der Waals surface area contributed by atoms with E-state index in [1.165, 1.54) is 0 Å². The zero-order valence-electron chi connectivity index (χ0n) is 17.2. The van der Waals surface area contributed by atoms with Gasteiger partial charge in [-0.3, -0.25) is 9.59 Å². The smallest absolute Gasteiger partial charge is 0.253 e. The summed E-state index contributed by atoms with van der Waals surface area (Å²) in [6.07, 6.45) is 3.99. The van der Waals surface area contributed by atoms with Crippen LogP contribution in [-0.2, 0) is 4.79 Å². The van der Waals surface area contributed by atoms with Gasteiger partial charge in [0.15, 0.2) is 0 Å². The van der Waals surface area contributed by atoms with Crippen molar-refractivity contribution in [2.45, 2.75) is 45.6 Å². The number of carbonyl (C=O) groups is 2. The van der Waals surface area contributed by atoms with Crippen LogP contribution in [0.4, 0.5) is 0 Å². The number of benzene rings is 1. The summed E-state index contributed by atoms with van der Waals surface area (Å²) in [5.74, 6) is 0.179. The van der Waals surface area contributed by atoms with Crippen molar-refractivity contribution in [2.75, 3.05) is 40.3 Å². The van der Waals surface area contributed by atoms with Crippen LogP contribution in [0.15, 0.2) is 18.2 Å². The van der Waals surface area contributed by atoms with Gasteiger partial charge in [0.2, 0.25) is 5.91 Å². The Bertz CT molecular complexity index is 683. The third-order valence-electron chi connectivity index (χ3n) is 6.02. The van der Waals surface area contributed by atoms with Gasteiger partial charge in [-0.2, -0.15) is 0 Å². The Balaban J connectivity index is 1.66. The third-order valence-corrected chi connectivity index (χ3v) is 6.02. The van der Waals surface area contributed by atoms with Gasteiger partial charge in [-0.05, 0) is 65.3 Å². The van der Waals surface area contributed by atoms with Crippen molar-refractivity contribution < 1.29 is 9.59 Å². The van der Waals surface area contributed by atoms with E-state index in [-0.39, 0.29) is 17.7 Å². The van der Waals surface area contributed by atoms with E-state index in [0.717, 1.165) is 62.0 Å². The number of aryl methyl sites for hydroxylation is 2. The highest BCUT2D eigenvalue weighted by molar-refractivity contribution is 5.95. The molecule has 1 aromatic rings. The average molecular weight is 372 g/mol. The molecule has 0 saturated carbocycles. The molecule has 0 aliphatic carbocycles. The number of amides is 2. The van der Waals surface area contributed by atoms with E-state index in [9.17, 15) is 9.59 Å². The maximum absolute atomic E-state index is 13.1. The van der Waals surface area contributed by atoms with Crippen LogP contribution in [-0.4, -0.2) is 72.8 Å². The topological polar surface area (TPSA) is 43.9 Å². The number of likely N-dealkylation sites (tertiary alicyclic amines) is 2. The number of piperidine rings is 2. The molecule has 2 aliphatic rings. The van der Waals surface area contributed by atoms with Crippen molar-refractivity contribution in [1.82, 2.24) is 14.7 Å². The SMILES string of the molecule is Cc1cc(C)cc(C(=O)N2CCC[C@H](C(=O)N(C)[C@H]3CCCN(C)C3)C2)c1. The van der Waals surface area contributed by atoms with Gasteiger partial charge in [0, 0.05) is 38.3 Å². The minimum Gasteiger partial charge on any atom is -0.341 e. The van der Waals surface area contributed by atoms with E-state index < -0.39 is 0 Å². The second-order valence-corrected chi connectivity index (χ2v) is 8.47. The fraction of sp³-hybridized carbons (Fsp3) is 0.636. The Morgan fingerprint density at radius 2 is 1.67 bits per heavy atom. The second-order valence-electron chi connectivity index (χ2n) is 8.47. The van der Waals surface area contributed by atoms with Gasteiger partial charge in [-0.25, -0.2) is 0 Å². The van der Waals surface area contributed by atoms with E-state index in [0.29, 0.717) is 12.6 Å². The number of likely N-dealkylation sites (N-methyl/N-ethyl adjacent to an activating group) is 2. The Kier molecular flexibility index (Phi) is 6.20. The highest BCUT2D eigenvalue weighted by atomic mass is 16.2.